The zero-order chi connectivity index (χ0) is 7.98. The van der Waals surface area contributed by atoms with Gasteiger partial charge < -0.3 is 9.47 Å². The first kappa shape index (κ1) is 9.88. The number of hydrogen-bond acceptors (Lipinski definition) is 2. The van der Waals surface area contributed by atoms with Gasteiger partial charge >= 0.3 is 0 Å². The summed E-state index contributed by atoms with van der Waals surface area (Å²) in [5, 5.41) is 0. The van der Waals surface area contributed by atoms with E-state index in [4.69, 9.17) is 9.47 Å². The first-order valence-electron chi connectivity index (χ1n) is 3.40. The van der Waals surface area contributed by atoms with Crippen LogP contribution in [0.1, 0.15) is 6.92 Å². The number of allylic oxidation sites excluding steroid dienone is 1. The van der Waals surface area contributed by atoms with Gasteiger partial charge in [-0.25, -0.2) is 0 Å². The average molecular weight is 160 g/mol. The van der Waals surface area contributed by atoms with Crippen molar-refractivity contribution in [2.75, 3.05) is 14.2 Å². The van der Waals surface area contributed by atoms with Gasteiger partial charge in [-0.3, -0.25) is 0 Å². The Morgan fingerprint density at radius 2 is 2.00 bits per heavy atom. The zero-order valence-electron chi connectivity index (χ0n) is 7.02. The maximum Gasteiger partial charge on any atom is 0.134 e. The molecule has 0 bridgehead atoms. The van der Waals surface area contributed by atoms with Crippen molar-refractivity contribution in [1.29, 1.82) is 0 Å². The van der Waals surface area contributed by atoms with Crippen LogP contribution in [0, 0.1) is 0 Å². The van der Waals surface area contributed by atoms with Crippen LogP contribution in [0.3, 0.4) is 0 Å². The Balaban J connectivity index is 3.34. The van der Waals surface area contributed by atoms with E-state index < -0.39 is 0 Å². The monoisotopic (exact) mass is 160 g/mol. The van der Waals surface area contributed by atoms with Crippen LogP contribution >= 0.6 is 0 Å². The third-order valence-electron chi connectivity index (χ3n) is 1.33. The molecular formula is C7H16O2Si. The fraction of sp³-hybridized carbons (Fsp3) is 0.714. The van der Waals surface area contributed by atoms with E-state index in [1.165, 1.54) is 5.57 Å². The number of rotatable bonds is 5. The topological polar surface area (TPSA) is 18.5 Å². The quantitative estimate of drug-likeness (QED) is 0.335. The fourth-order valence-electron chi connectivity index (χ4n) is 0.696. The lowest BCUT2D eigenvalue weighted by Gasteiger charge is -2.11. The molecule has 3 heteroatoms. The Morgan fingerprint density at radius 1 is 1.50 bits per heavy atom. The van der Waals surface area contributed by atoms with Crippen molar-refractivity contribution in [3.63, 3.8) is 0 Å². The predicted molar refractivity (Wildman–Crippen MR) is 46.0 cm³/mol. The normalized spacial score (nSPS) is 11.6. The van der Waals surface area contributed by atoms with Gasteiger partial charge in [0, 0.05) is 14.2 Å². The third-order valence-corrected chi connectivity index (χ3v) is 3.61. The van der Waals surface area contributed by atoms with E-state index in [1.807, 2.05) is 6.92 Å². The molecule has 0 aromatic heterocycles. The van der Waals surface area contributed by atoms with E-state index in [2.05, 4.69) is 6.58 Å². The Labute approximate surface area is 65.0 Å². The molecule has 0 fully saturated rings. The van der Waals surface area contributed by atoms with Crippen LogP contribution in [-0.2, 0) is 9.47 Å². The van der Waals surface area contributed by atoms with Gasteiger partial charge in [-0.15, -0.1) is 6.58 Å². The van der Waals surface area contributed by atoms with Crippen molar-refractivity contribution >= 4 is 9.52 Å². The highest BCUT2D eigenvalue weighted by Gasteiger charge is 2.03. The van der Waals surface area contributed by atoms with Crippen LogP contribution in [0.25, 0.3) is 0 Å². The Morgan fingerprint density at radius 3 is 2.30 bits per heavy atom. The van der Waals surface area contributed by atoms with Gasteiger partial charge in [0.15, 0.2) is 0 Å². The average Bonchev–Trinajstić information content (AvgIpc) is 1.90. The van der Waals surface area contributed by atoms with Gasteiger partial charge in [0.2, 0.25) is 0 Å². The fourth-order valence-corrected chi connectivity index (χ4v) is 1.90. The summed E-state index contributed by atoms with van der Waals surface area (Å²) >= 11 is 0. The van der Waals surface area contributed by atoms with Gasteiger partial charge in [-0.05, 0) is 13.0 Å². The van der Waals surface area contributed by atoms with Crippen LogP contribution in [0.2, 0.25) is 6.04 Å². The highest BCUT2D eigenvalue weighted by atomic mass is 28.2. The van der Waals surface area contributed by atoms with Crippen LogP contribution in [0.4, 0.5) is 0 Å². The summed E-state index contributed by atoms with van der Waals surface area (Å²) in [6.45, 7) is 5.86. The maximum absolute atomic E-state index is 5.05. The van der Waals surface area contributed by atoms with Crippen molar-refractivity contribution in [1.82, 2.24) is 0 Å². The predicted octanol–water partition coefficient (Wildman–Crippen LogP) is 0.726. The molecule has 10 heavy (non-hydrogen) atoms. The molecule has 0 aliphatic rings. The van der Waals surface area contributed by atoms with E-state index in [-0.39, 0.29) is 15.4 Å². The van der Waals surface area contributed by atoms with E-state index in [0.717, 1.165) is 6.04 Å². The summed E-state index contributed by atoms with van der Waals surface area (Å²) < 4.78 is 10.1. The summed E-state index contributed by atoms with van der Waals surface area (Å²) in [6.07, 6.45) is 0. The molecule has 0 N–H and O–H groups in total. The first-order valence-corrected chi connectivity index (χ1v) is 5.22. The molecule has 0 radical (unpaired) electrons. The summed E-state index contributed by atoms with van der Waals surface area (Å²) in [7, 11) is 3.09. The molecule has 0 atom stereocenters. The van der Waals surface area contributed by atoms with Gasteiger partial charge in [0.05, 0.1) is 9.52 Å². The van der Waals surface area contributed by atoms with Gasteiger partial charge in [0.1, 0.15) is 5.91 Å². The molecule has 0 heterocycles. The molecule has 0 aliphatic heterocycles. The molecule has 0 saturated heterocycles. The van der Waals surface area contributed by atoms with Crippen LogP contribution in [-0.4, -0.2) is 29.7 Å². The number of ether oxygens (including phenoxy) is 2. The lowest BCUT2D eigenvalue weighted by Crippen LogP contribution is -2.20. The minimum Gasteiger partial charge on any atom is -0.360 e. The Bertz CT molecular complexity index is 99.8. The van der Waals surface area contributed by atoms with E-state index in [9.17, 15) is 0 Å². The van der Waals surface area contributed by atoms with Gasteiger partial charge in [0.25, 0.3) is 0 Å². The highest BCUT2D eigenvalue weighted by molar-refractivity contribution is 6.37. The molecule has 0 amide bonds. The van der Waals surface area contributed by atoms with Crippen LogP contribution < -0.4 is 0 Å². The maximum atomic E-state index is 5.05. The Kier molecular flexibility index (Phi) is 5.58. The van der Waals surface area contributed by atoms with E-state index >= 15 is 0 Å². The molecule has 0 aromatic carbocycles. The molecular weight excluding hydrogens is 144 g/mol. The van der Waals surface area contributed by atoms with E-state index in [0.29, 0.717) is 0 Å². The standard InChI is InChI=1S/C7H16O2Si/c1-6(2)5-10-7(8-3)9-4/h7H,1,5,10H2,2-4H3. The second-order valence-electron chi connectivity index (χ2n) is 2.40. The van der Waals surface area contributed by atoms with E-state index in [1.54, 1.807) is 14.2 Å². The van der Waals surface area contributed by atoms with Crippen molar-refractivity contribution in [2.45, 2.75) is 18.9 Å². The second kappa shape index (κ2) is 5.65. The summed E-state index contributed by atoms with van der Waals surface area (Å²) in [5.41, 5.74) is 1.23. The summed E-state index contributed by atoms with van der Waals surface area (Å²) in [5.74, 6) is 0.0664. The molecule has 0 aliphatic carbocycles. The lowest BCUT2D eigenvalue weighted by molar-refractivity contribution is -0.0439. The molecule has 0 rings (SSSR count). The molecule has 0 saturated carbocycles. The number of methoxy groups -OCH3 is 2. The molecule has 0 spiro atoms. The van der Waals surface area contributed by atoms with Crippen molar-refractivity contribution < 1.29 is 9.47 Å². The minimum atomic E-state index is -0.266. The van der Waals surface area contributed by atoms with Crippen molar-refractivity contribution in [2.24, 2.45) is 0 Å². The lowest BCUT2D eigenvalue weighted by atomic mass is 10.4. The zero-order valence-corrected chi connectivity index (χ0v) is 8.43. The Hall–Kier alpha value is -0.123. The molecule has 2 nitrogen and oxygen atoms in total. The van der Waals surface area contributed by atoms with Gasteiger partial charge in [-0.1, -0.05) is 5.57 Å². The third kappa shape index (κ3) is 4.73. The smallest absolute Gasteiger partial charge is 0.134 e. The SMILES string of the molecule is C=C(C)C[SiH2]C(OC)OC. The summed E-state index contributed by atoms with van der Waals surface area (Å²) in [4.78, 5) is 0. The summed E-state index contributed by atoms with van der Waals surface area (Å²) in [6, 6.07) is 1.10. The minimum absolute atomic E-state index is 0.0664. The van der Waals surface area contributed by atoms with Crippen molar-refractivity contribution in [3.8, 4) is 0 Å². The largest absolute Gasteiger partial charge is 0.360 e. The first-order chi connectivity index (χ1) is 4.70. The molecule has 0 unspecified atom stereocenters. The molecule has 60 valence electrons. The van der Waals surface area contributed by atoms with Crippen LogP contribution in [0.5, 0.6) is 0 Å². The highest BCUT2D eigenvalue weighted by Crippen LogP contribution is 1.99. The van der Waals surface area contributed by atoms with Crippen molar-refractivity contribution in [3.05, 3.63) is 12.2 Å². The molecule has 0 aromatic rings. The second-order valence-corrected chi connectivity index (χ2v) is 4.14. The van der Waals surface area contributed by atoms with Crippen LogP contribution in [0.15, 0.2) is 12.2 Å². The number of hydrogen-bond donors (Lipinski definition) is 0. The van der Waals surface area contributed by atoms with Gasteiger partial charge in [-0.2, -0.15) is 0 Å².